The smallest absolute Gasteiger partial charge is 0.410 e. The van der Waals surface area contributed by atoms with Gasteiger partial charge >= 0.3 is 6.09 Å². The quantitative estimate of drug-likeness (QED) is 0.405. The molecule has 0 bridgehead atoms. The number of aromatic nitrogens is 5. The number of anilines is 3. The van der Waals surface area contributed by atoms with Crippen LogP contribution in [-0.2, 0) is 4.74 Å². The maximum Gasteiger partial charge on any atom is 0.410 e. The number of imidazole rings is 1. The molecule has 190 valence electrons. The van der Waals surface area contributed by atoms with Gasteiger partial charge in [-0.25, -0.2) is 24.7 Å². The van der Waals surface area contributed by atoms with Gasteiger partial charge in [-0.15, -0.1) is 11.3 Å². The minimum absolute atomic E-state index is 0.258. The van der Waals surface area contributed by atoms with Crippen molar-refractivity contribution in [3.63, 3.8) is 0 Å². The van der Waals surface area contributed by atoms with Gasteiger partial charge in [0.15, 0.2) is 0 Å². The number of hydrogen-bond donors (Lipinski definition) is 1. The Bertz CT molecular complexity index is 1400. The predicted octanol–water partition coefficient (Wildman–Crippen LogP) is 5.13. The maximum atomic E-state index is 12.3. The van der Waals surface area contributed by atoms with E-state index in [0.29, 0.717) is 30.9 Å². The van der Waals surface area contributed by atoms with Gasteiger partial charge in [-0.05, 0) is 53.7 Å². The van der Waals surface area contributed by atoms with Crippen LogP contribution in [0, 0.1) is 6.92 Å². The van der Waals surface area contributed by atoms with E-state index < -0.39 is 5.60 Å². The summed E-state index contributed by atoms with van der Waals surface area (Å²) in [4.78, 5) is 35.9. The molecule has 11 heteroatoms. The Balaban J connectivity index is 1.27. The number of hydrogen-bond acceptors (Lipinski definition) is 9. The van der Waals surface area contributed by atoms with E-state index >= 15 is 0 Å². The van der Waals surface area contributed by atoms with E-state index in [4.69, 9.17) is 14.7 Å². The summed E-state index contributed by atoms with van der Waals surface area (Å²) in [7, 11) is 0. The van der Waals surface area contributed by atoms with E-state index in [-0.39, 0.29) is 6.09 Å². The topological polar surface area (TPSA) is 101 Å². The number of amides is 1. The lowest BCUT2D eigenvalue weighted by Crippen LogP contribution is -2.50. The average molecular weight is 509 g/mol. The number of rotatable bonds is 4. The lowest BCUT2D eigenvalue weighted by atomic mass is 10.2. The van der Waals surface area contributed by atoms with Gasteiger partial charge in [-0.2, -0.15) is 0 Å². The van der Waals surface area contributed by atoms with Crippen molar-refractivity contribution in [2.45, 2.75) is 53.2 Å². The van der Waals surface area contributed by atoms with Crippen molar-refractivity contribution in [1.82, 2.24) is 29.4 Å². The van der Waals surface area contributed by atoms with Gasteiger partial charge in [-0.3, -0.25) is 0 Å². The number of piperazine rings is 1. The Hall–Kier alpha value is -3.47. The highest BCUT2D eigenvalue weighted by Gasteiger charge is 2.26. The van der Waals surface area contributed by atoms with Crippen LogP contribution in [-0.4, -0.2) is 67.3 Å². The molecule has 5 heterocycles. The van der Waals surface area contributed by atoms with Gasteiger partial charge in [0.25, 0.3) is 0 Å². The number of carbonyl (C=O) groups excluding carboxylic acids is 1. The van der Waals surface area contributed by atoms with Crippen LogP contribution in [0.3, 0.4) is 0 Å². The molecule has 0 saturated carbocycles. The summed E-state index contributed by atoms with van der Waals surface area (Å²) in [5.41, 5.74) is 2.49. The minimum Gasteiger partial charge on any atom is -0.444 e. The standard InChI is InChI=1S/C25H32N8O2S/c1-15(2)33-16(3)28-22-21(33)20-18(36-22)14-27-23(30-20)29-19-8-7-17(13-26-19)31-9-11-32(12-10-31)24(34)35-25(4,5)6/h7-8,13-15H,9-12H2,1-6H3,(H,26,27,29,30). The highest BCUT2D eigenvalue weighted by Crippen LogP contribution is 2.35. The van der Waals surface area contributed by atoms with Crippen molar-refractivity contribution in [2.75, 3.05) is 36.4 Å². The first-order chi connectivity index (χ1) is 17.1. The minimum atomic E-state index is -0.487. The predicted molar refractivity (Wildman–Crippen MR) is 143 cm³/mol. The lowest BCUT2D eigenvalue weighted by Gasteiger charge is -2.36. The molecule has 0 atom stereocenters. The van der Waals surface area contributed by atoms with Crippen LogP contribution in [0.1, 0.15) is 46.5 Å². The van der Waals surface area contributed by atoms with E-state index in [9.17, 15) is 4.79 Å². The molecular weight excluding hydrogens is 476 g/mol. The number of ether oxygens (including phenoxy) is 1. The Labute approximate surface area is 214 Å². The van der Waals surface area contributed by atoms with Crippen molar-refractivity contribution < 1.29 is 9.53 Å². The molecule has 0 aliphatic carbocycles. The molecule has 0 spiro atoms. The van der Waals surface area contributed by atoms with E-state index in [1.54, 1.807) is 16.2 Å². The molecule has 36 heavy (non-hydrogen) atoms. The fourth-order valence-electron chi connectivity index (χ4n) is 4.45. The van der Waals surface area contributed by atoms with Crippen LogP contribution in [0.4, 0.5) is 22.2 Å². The molecule has 1 aliphatic heterocycles. The lowest BCUT2D eigenvalue weighted by molar-refractivity contribution is 0.0240. The SMILES string of the molecule is Cc1nc2sc3cnc(Nc4ccc(N5CCN(C(=O)OC(C)(C)C)CC5)cn4)nc3c2n1C(C)C. The molecular formula is C25H32N8O2S. The highest BCUT2D eigenvalue weighted by atomic mass is 32.1. The van der Waals surface area contributed by atoms with Gasteiger partial charge < -0.3 is 24.4 Å². The highest BCUT2D eigenvalue weighted by molar-refractivity contribution is 7.25. The fraction of sp³-hybridized carbons (Fsp3) is 0.480. The zero-order valence-electron chi connectivity index (χ0n) is 21.6. The number of pyridine rings is 1. The molecule has 1 aliphatic rings. The third kappa shape index (κ3) is 4.79. The molecule has 0 radical (unpaired) electrons. The summed E-state index contributed by atoms with van der Waals surface area (Å²) < 4.78 is 8.72. The summed E-state index contributed by atoms with van der Waals surface area (Å²) in [5, 5.41) is 3.23. The Kier molecular flexibility index (Phi) is 6.19. The number of thiophene rings is 1. The van der Waals surface area contributed by atoms with E-state index in [1.807, 2.05) is 52.2 Å². The Morgan fingerprint density at radius 3 is 2.47 bits per heavy atom. The number of fused-ring (bicyclic) bond motifs is 3. The zero-order chi connectivity index (χ0) is 25.6. The summed E-state index contributed by atoms with van der Waals surface area (Å²) in [6, 6.07) is 4.24. The van der Waals surface area contributed by atoms with Gasteiger partial charge in [0, 0.05) is 32.2 Å². The number of aryl methyl sites for hydroxylation is 1. The summed E-state index contributed by atoms with van der Waals surface area (Å²) in [6.07, 6.45) is 3.42. The van der Waals surface area contributed by atoms with Crippen molar-refractivity contribution in [1.29, 1.82) is 0 Å². The van der Waals surface area contributed by atoms with E-state index in [1.165, 1.54) is 0 Å². The van der Waals surface area contributed by atoms with Crippen LogP contribution < -0.4 is 10.2 Å². The van der Waals surface area contributed by atoms with E-state index in [2.05, 4.69) is 38.6 Å². The maximum absolute atomic E-state index is 12.3. The van der Waals surface area contributed by atoms with Crippen LogP contribution in [0.5, 0.6) is 0 Å². The molecule has 4 aromatic rings. The molecule has 10 nitrogen and oxygen atoms in total. The van der Waals surface area contributed by atoms with Gasteiger partial charge in [-0.1, -0.05) is 0 Å². The molecule has 0 aromatic carbocycles. The molecule has 1 saturated heterocycles. The normalized spacial score (nSPS) is 14.8. The molecule has 4 aromatic heterocycles. The molecule has 1 fully saturated rings. The third-order valence-electron chi connectivity index (χ3n) is 6.04. The second kappa shape index (κ2) is 9.20. The van der Waals surface area contributed by atoms with Crippen LogP contribution in [0.25, 0.3) is 20.6 Å². The monoisotopic (exact) mass is 508 g/mol. The second-order valence-electron chi connectivity index (χ2n) is 10.3. The molecule has 1 N–H and O–H groups in total. The Morgan fingerprint density at radius 1 is 1.08 bits per heavy atom. The van der Waals surface area contributed by atoms with Crippen LogP contribution in [0.15, 0.2) is 24.5 Å². The number of nitrogens with one attached hydrogen (secondary N) is 1. The van der Waals surface area contributed by atoms with E-state index in [0.717, 1.165) is 45.2 Å². The summed E-state index contributed by atoms with van der Waals surface area (Å²) in [5.74, 6) is 2.17. The zero-order valence-corrected chi connectivity index (χ0v) is 22.4. The average Bonchev–Trinajstić information content (AvgIpc) is 3.32. The molecule has 1 amide bonds. The molecule has 0 unspecified atom stereocenters. The summed E-state index contributed by atoms with van der Waals surface area (Å²) in [6.45, 7) is 14.7. The second-order valence-corrected chi connectivity index (χ2v) is 11.3. The number of carbonyl (C=O) groups is 1. The van der Waals surface area contributed by atoms with Gasteiger partial charge in [0.2, 0.25) is 5.95 Å². The largest absolute Gasteiger partial charge is 0.444 e. The first-order valence-corrected chi connectivity index (χ1v) is 13.0. The van der Waals surface area contributed by atoms with Crippen molar-refractivity contribution >= 4 is 55.4 Å². The number of nitrogens with zero attached hydrogens (tertiary/aromatic N) is 7. The van der Waals surface area contributed by atoms with Crippen LogP contribution in [0.2, 0.25) is 0 Å². The van der Waals surface area contributed by atoms with Crippen molar-refractivity contribution in [2.24, 2.45) is 0 Å². The van der Waals surface area contributed by atoms with Crippen LogP contribution >= 0.6 is 11.3 Å². The Morgan fingerprint density at radius 2 is 1.83 bits per heavy atom. The van der Waals surface area contributed by atoms with Gasteiger partial charge in [0.1, 0.15) is 33.1 Å². The van der Waals surface area contributed by atoms with Crippen molar-refractivity contribution in [3.8, 4) is 0 Å². The van der Waals surface area contributed by atoms with Crippen molar-refractivity contribution in [3.05, 3.63) is 30.4 Å². The first kappa shape index (κ1) is 24.2. The fourth-order valence-corrected chi connectivity index (χ4v) is 5.47. The summed E-state index contributed by atoms with van der Waals surface area (Å²) >= 11 is 1.61. The molecule has 5 rings (SSSR count). The first-order valence-electron chi connectivity index (χ1n) is 12.2. The van der Waals surface area contributed by atoms with Gasteiger partial charge in [0.05, 0.1) is 22.8 Å². The third-order valence-corrected chi connectivity index (χ3v) is 7.04.